The van der Waals surface area contributed by atoms with Crippen LogP contribution in [0.2, 0.25) is 0 Å². The number of likely N-dealkylation sites (N-methyl/N-ethyl adjacent to an activating group) is 1. The van der Waals surface area contributed by atoms with Gasteiger partial charge in [0, 0.05) is 12.8 Å². The zero-order chi connectivity index (χ0) is 57.9. The summed E-state index contributed by atoms with van der Waals surface area (Å²) in [6.07, 6.45) is 77.1. The van der Waals surface area contributed by atoms with Gasteiger partial charge in [-0.1, -0.05) is 260 Å². The highest BCUT2D eigenvalue weighted by Gasteiger charge is 2.27. The molecule has 9 nitrogen and oxygen atoms in total. The average Bonchev–Trinajstić information content (AvgIpc) is 3.41. The van der Waals surface area contributed by atoms with E-state index in [1.165, 1.54) is 154 Å². The minimum absolute atomic E-state index is 0.0294. The summed E-state index contributed by atoms with van der Waals surface area (Å²) >= 11 is 0. The van der Waals surface area contributed by atoms with Gasteiger partial charge in [0.15, 0.2) is 0 Å². The number of rotatable bonds is 59. The Bertz CT molecular complexity index is 1630. The Kier molecular flexibility index (Phi) is 56.3. The normalized spacial score (nSPS) is 14.2. The molecule has 79 heavy (non-hydrogen) atoms. The topological polar surface area (TPSA) is 114 Å². The van der Waals surface area contributed by atoms with Gasteiger partial charge in [0.2, 0.25) is 5.91 Å². The molecular formula is C69H125N2O7P. The average molecular weight is 1130 g/mol. The molecule has 0 bridgehead atoms. The van der Waals surface area contributed by atoms with E-state index >= 15 is 0 Å². The molecule has 0 aliphatic heterocycles. The van der Waals surface area contributed by atoms with E-state index in [9.17, 15) is 19.0 Å². The van der Waals surface area contributed by atoms with Crippen molar-refractivity contribution in [1.82, 2.24) is 5.32 Å². The van der Waals surface area contributed by atoms with Crippen molar-refractivity contribution >= 4 is 19.7 Å². The third-order valence-electron chi connectivity index (χ3n) is 14.3. The lowest BCUT2D eigenvalue weighted by Gasteiger charge is -2.30. The number of quaternary nitrogens is 1. The van der Waals surface area contributed by atoms with E-state index in [2.05, 4.69) is 99.0 Å². The van der Waals surface area contributed by atoms with Gasteiger partial charge < -0.3 is 28.5 Å². The number of esters is 1. The summed E-state index contributed by atoms with van der Waals surface area (Å²) in [5, 5.41) is 3.02. The second kappa shape index (κ2) is 58.4. The standard InChI is InChI=1S/C69H125N2O7P/c1-7-10-13-16-19-22-25-28-30-31-32-33-34-35-36-37-38-39-40-41-42-44-47-50-53-56-59-62-69(73)78-67(60-57-54-51-48-45-27-24-21-18-15-12-9-3)66(65-77-79(74,75)76-64-63-71(4,5)6)70-68(72)61-58-55-52-49-46-43-29-26-23-20-17-14-11-8-2/h11,14,19-20,22-23,28-30,32-33,43,57,60,66-67H,7-10,12-13,15-18,21,24-27,31,34-42,44-56,58-59,61-65H2,1-6H3,(H-,70,72,74,75)/b14-11+,22-19-,23-20+,30-28-,33-32-,43-29+,60-57-. The fourth-order valence-corrected chi connectivity index (χ4v) is 9.97. The number of hydrogen-bond donors (Lipinski definition) is 1. The van der Waals surface area contributed by atoms with Crippen molar-refractivity contribution in [2.45, 2.75) is 303 Å². The minimum Gasteiger partial charge on any atom is -0.756 e. The number of unbranched alkanes of at least 4 members (excludes halogenated alkanes) is 31. The monoisotopic (exact) mass is 1120 g/mol. The van der Waals surface area contributed by atoms with Crippen LogP contribution in [-0.4, -0.2) is 69.4 Å². The lowest BCUT2D eigenvalue weighted by Crippen LogP contribution is -2.47. The molecule has 0 aliphatic rings. The summed E-state index contributed by atoms with van der Waals surface area (Å²) in [6.45, 7) is 6.69. The number of phosphoric acid groups is 1. The molecule has 0 fully saturated rings. The summed E-state index contributed by atoms with van der Waals surface area (Å²) in [6, 6.07) is -0.903. The largest absolute Gasteiger partial charge is 0.756 e. The highest BCUT2D eigenvalue weighted by Crippen LogP contribution is 2.38. The lowest BCUT2D eigenvalue weighted by molar-refractivity contribution is -0.870. The molecule has 0 aromatic heterocycles. The van der Waals surface area contributed by atoms with Crippen molar-refractivity contribution in [3.8, 4) is 0 Å². The number of nitrogens with one attached hydrogen (secondary N) is 1. The number of ether oxygens (including phenoxy) is 1. The van der Waals surface area contributed by atoms with E-state index in [1.54, 1.807) is 0 Å². The van der Waals surface area contributed by atoms with Gasteiger partial charge in [0.1, 0.15) is 19.3 Å². The number of allylic oxidation sites excluding steroid dienone is 13. The van der Waals surface area contributed by atoms with Crippen LogP contribution in [0.3, 0.4) is 0 Å². The second-order valence-electron chi connectivity index (χ2n) is 23.2. The van der Waals surface area contributed by atoms with Gasteiger partial charge in [-0.25, -0.2) is 0 Å². The molecule has 1 amide bonds. The maximum absolute atomic E-state index is 13.5. The van der Waals surface area contributed by atoms with Gasteiger partial charge in [0.05, 0.1) is 33.8 Å². The summed E-state index contributed by atoms with van der Waals surface area (Å²) in [7, 11) is 1.17. The van der Waals surface area contributed by atoms with Gasteiger partial charge in [-0.3, -0.25) is 14.2 Å². The summed E-state index contributed by atoms with van der Waals surface area (Å²) < 4.78 is 30.3. The predicted molar refractivity (Wildman–Crippen MR) is 339 cm³/mol. The van der Waals surface area contributed by atoms with Crippen LogP contribution in [0.15, 0.2) is 85.1 Å². The van der Waals surface area contributed by atoms with Crippen molar-refractivity contribution in [3.63, 3.8) is 0 Å². The first-order chi connectivity index (χ1) is 38.4. The smallest absolute Gasteiger partial charge is 0.306 e. The number of hydrogen-bond acceptors (Lipinski definition) is 7. The minimum atomic E-state index is -4.71. The SMILES string of the molecule is CC/C=C/C/C=C/C/C=C/CCCCCCC(=O)NC(COP(=O)([O-])OCC[N+](C)(C)C)C(/C=C\CCCCCCCCCCCC)OC(=O)CCCCCCCCCCCCCCCC/C=C\C/C=C\C/C=C\CCCCC. The third kappa shape index (κ3) is 59.6. The molecule has 0 radical (unpaired) electrons. The molecule has 458 valence electrons. The highest BCUT2D eigenvalue weighted by atomic mass is 31.2. The van der Waals surface area contributed by atoms with E-state index in [1.807, 2.05) is 33.3 Å². The number of amides is 1. The lowest BCUT2D eigenvalue weighted by atomic mass is 10.0. The Morgan fingerprint density at radius 3 is 1.24 bits per heavy atom. The van der Waals surface area contributed by atoms with Crippen LogP contribution in [0.5, 0.6) is 0 Å². The Balaban J connectivity index is 5.06. The Hall–Kier alpha value is -2.81. The van der Waals surface area contributed by atoms with Gasteiger partial charge in [-0.05, 0) is 102 Å². The van der Waals surface area contributed by atoms with Crippen LogP contribution >= 0.6 is 7.82 Å². The molecule has 0 spiro atoms. The molecule has 0 aromatic carbocycles. The quantitative estimate of drug-likeness (QED) is 0.0212. The molecule has 0 aromatic rings. The van der Waals surface area contributed by atoms with Crippen molar-refractivity contribution in [2.75, 3.05) is 40.9 Å². The predicted octanol–water partition coefficient (Wildman–Crippen LogP) is 19.9. The van der Waals surface area contributed by atoms with Crippen LogP contribution in [0, 0.1) is 0 Å². The van der Waals surface area contributed by atoms with Crippen LogP contribution in [0.4, 0.5) is 0 Å². The van der Waals surface area contributed by atoms with Crippen molar-refractivity contribution < 1.29 is 37.3 Å². The van der Waals surface area contributed by atoms with Crippen LogP contribution in [-0.2, 0) is 27.9 Å². The van der Waals surface area contributed by atoms with Crippen molar-refractivity contribution in [1.29, 1.82) is 0 Å². The van der Waals surface area contributed by atoms with Gasteiger partial charge in [-0.15, -0.1) is 0 Å². The summed E-state index contributed by atoms with van der Waals surface area (Å²) in [4.78, 5) is 40.0. The first-order valence-electron chi connectivity index (χ1n) is 32.9. The molecular weight excluding hydrogens is 1000 g/mol. The first-order valence-corrected chi connectivity index (χ1v) is 34.4. The molecule has 3 unspecified atom stereocenters. The van der Waals surface area contributed by atoms with Gasteiger partial charge >= 0.3 is 5.97 Å². The molecule has 0 saturated heterocycles. The molecule has 0 saturated carbocycles. The van der Waals surface area contributed by atoms with Gasteiger partial charge in [0.25, 0.3) is 7.82 Å². The van der Waals surface area contributed by atoms with E-state index < -0.39 is 26.6 Å². The first kappa shape index (κ1) is 76.2. The summed E-state index contributed by atoms with van der Waals surface area (Å²) in [5.41, 5.74) is 0. The van der Waals surface area contributed by atoms with E-state index in [0.717, 1.165) is 96.3 Å². The fourth-order valence-electron chi connectivity index (χ4n) is 9.25. The molecule has 0 aliphatic carbocycles. The zero-order valence-corrected chi connectivity index (χ0v) is 53.2. The van der Waals surface area contributed by atoms with Gasteiger partial charge in [-0.2, -0.15) is 0 Å². The third-order valence-corrected chi connectivity index (χ3v) is 15.3. The highest BCUT2D eigenvalue weighted by molar-refractivity contribution is 7.45. The number of carbonyl (C=O) groups is 2. The molecule has 3 atom stereocenters. The number of nitrogens with zero attached hydrogens (tertiary/aromatic N) is 1. The Labute approximate surface area is 488 Å². The number of phosphoric ester groups is 1. The Morgan fingerprint density at radius 2 is 0.810 bits per heavy atom. The van der Waals surface area contributed by atoms with Crippen molar-refractivity contribution in [2.24, 2.45) is 0 Å². The fraction of sp³-hybridized carbons (Fsp3) is 0.768. The maximum Gasteiger partial charge on any atom is 0.306 e. The zero-order valence-electron chi connectivity index (χ0n) is 52.3. The summed E-state index contributed by atoms with van der Waals surface area (Å²) in [5.74, 6) is -0.565. The van der Waals surface area contributed by atoms with E-state index in [4.69, 9.17) is 13.8 Å². The van der Waals surface area contributed by atoms with Crippen LogP contribution in [0.25, 0.3) is 0 Å². The van der Waals surface area contributed by atoms with Crippen LogP contribution in [0.1, 0.15) is 290 Å². The maximum atomic E-state index is 13.5. The van der Waals surface area contributed by atoms with E-state index in [0.29, 0.717) is 17.4 Å². The second-order valence-corrected chi connectivity index (χ2v) is 24.6. The van der Waals surface area contributed by atoms with Crippen molar-refractivity contribution in [3.05, 3.63) is 85.1 Å². The van der Waals surface area contributed by atoms with E-state index in [-0.39, 0.29) is 31.3 Å². The Morgan fingerprint density at radius 1 is 0.456 bits per heavy atom. The van der Waals surface area contributed by atoms with Crippen LogP contribution < -0.4 is 10.2 Å². The molecule has 0 rings (SSSR count). The molecule has 10 heteroatoms. The molecule has 0 heterocycles. The molecule has 1 N–H and O–H groups in total. The number of carbonyl (C=O) groups excluding carboxylic acids is 2.